The fourth-order valence-corrected chi connectivity index (χ4v) is 1.95. The third-order valence-electron chi connectivity index (χ3n) is 2.20. The van der Waals surface area contributed by atoms with E-state index < -0.39 is 6.10 Å². The predicted octanol–water partition coefficient (Wildman–Crippen LogP) is 2.78. The van der Waals surface area contributed by atoms with Gasteiger partial charge in [0.25, 0.3) is 0 Å². The Morgan fingerprint density at radius 1 is 1.44 bits per heavy atom. The molecule has 1 N–H and O–H groups in total. The molecule has 4 heteroatoms. The number of rotatable bonds is 4. The highest BCUT2D eigenvalue weighted by Crippen LogP contribution is 2.25. The lowest BCUT2D eigenvalue weighted by Crippen LogP contribution is -2.00. The number of nitrogens with zero attached hydrogens (tertiary/aromatic N) is 1. The van der Waals surface area contributed by atoms with E-state index in [0.717, 1.165) is 10.6 Å². The Bertz CT molecular complexity index is 440. The van der Waals surface area contributed by atoms with E-state index in [1.54, 1.807) is 24.5 Å². The normalized spacial score (nSPS) is 12.4. The molecule has 84 valence electrons. The fraction of sp³-hybridized carbons (Fsp3) is 0.250. The summed E-state index contributed by atoms with van der Waals surface area (Å²) >= 11 is 1.56. The molecule has 1 atom stereocenters. The van der Waals surface area contributed by atoms with Gasteiger partial charge in [0.15, 0.2) is 0 Å². The third kappa shape index (κ3) is 2.59. The molecule has 0 fully saturated rings. The van der Waals surface area contributed by atoms with Crippen molar-refractivity contribution in [3.8, 4) is 5.75 Å². The smallest absolute Gasteiger partial charge is 0.140 e. The van der Waals surface area contributed by atoms with Gasteiger partial charge in [0.2, 0.25) is 0 Å². The van der Waals surface area contributed by atoms with Gasteiger partial charge in [-0.05, 0) is 13.0 Å². The molecule has 0 bridgehead atoms. The van der Waals surface area contributed by atoms with Gasteiger partial charge in [-0.3, -0.25) is 0 Å². The minimum atomic E-state index is -0.521. The standard InChI is InChI=1S/C12H13NO2S/c1-9(14)10-4-2-3-5-11(10)15-8-12-13-6-7-16-12/h2-7,9,14H,8H2,1H3/t9-/m1/s1. The Hall–Kier alpha value is -1.39. The number of para-hydroxylation sites is 1. The minimum Gasteiger partial charge on any atom is -0.486 e. The first-order valence-electron chi connectivity index (χ1n) is 5.05. The van der Waals surface area contributed by atoms with Crippen molar-refractivity contribution >= 4 is 11.3 Å². The molecule has 0 aliphatic heterocycles. The zero-order valence-corrected chi connectivity index (χ0v) is 9.78. The van der Waals surface area contributed by atoms with Gasteiger partial charge in [-0.25, -0.2) is 4.98 Å². The van der Waals surface area contributed by atoms with Crippen LogP contribution in [0.2, 0.25) is 0 Å². The molecular formula is C12H13NO2S. The van der Waals surface area contributed by atoms with E-state index in [1.165, 1.54) is 0 Å². The van der Waals surface area contributed by atoms with Crippen molar-refractivity contribution in [2.75, 3.05) is 0 Å². The van der Waals surface area contributed by atoms with E-state index in [4.69, 9.17) is 4.74 Å². The van der Waals surface area contributed by atoms with Crippen molar-refractivity contribution in [1.82, 2.24) is 4.98 Å². The van der Waals surface area contributed by atoms with Crippen molar-refractivity contribution in [3.63, 3.8) is 0 Å². The molecule has 1 aromatic carbocycles. The zero-order valence-electron chi connectivity index (χ0n) is 8.96. The minimum absolute atomic E-state index is 0.446. The molecule has 2 rings (SSSR count). The van der Waals surface area contributed by atoms with E-state index in [1.807, 2.05) is 29.6 Å². The van der Waals surface area contributed by atoms with E-state index in [2.05, 4.69) is 4.98 Å². The molecule has 1 heterocycles. The number of aromatic nitrogens is 1. The summed E-state index contributed by atoms with van der Waals surface area (Å²) in [5.41, 5.74) is 0.805. The lowest BCUT2D eigenvalue weighted by atomic mass is 10.1. The fourth-order valence-electron chi connectivity index (χ4n) is 1.42. The highest BCUT2D eigenvalue weighted by atomic mass is 32.1. The van der Waals surface area contributed by atoms with Gasteiger partial charge in [0, 0.05) is 17.1 Å². The molecule has 0 spiro atoms. The van der Waals surface area contributed by atoms with E-state index in [0.29, 0.717) is 12.4 Å². The zero-order chi connectivity index (χ0) is 11.4. The van der Waals surface area contributed by atoms with Crippen LogP contribution in [0.15, 0.2) is 35.8 Å². The highest BCUT2D eigenvalue weighted by molar-refractivity contribution is 7.09. The Balaban J connectivity index is 2.09. The average Bonchev–Trinajstić information content (AvgIpc) is 2.79. The number of benzene rings is 1. The molecule has 1 aromatic heterocycles. The lowest BCUT2D eigenvalue weighted by molar-refractivity contribution is 0.190. The largest absolute Gasteiger partial charge is 0.486 e. The summed E-state index contributed by atoms with van der Waals surface area (Å²) in [6.45, 7) is 2.17. The number of thiazole rings is 1. The van der Waals surface area contributed by atoms with Gasteiger partial charge in [-0.2, -0.15) is 0 Å². The SMILES string of the molecule is C[C@@H](O)c1ccccc1OCc1nccs1. The van der Waals surface area contributed by atoms with Crippen LogP contribution in [-0.2, 0) is 6.61 Å². The van der Waals surface area contributed by atoms with Crippen molar-refractivity contribution < 1.29 is 9.84 Å². The number of hydrogen-bond acceptors (Lipinski definition) is 4. The summed E-state index contributed by atoms with van der Waals surface area (Å²) < 4.78 is 5.63. The average molecular weight is 235 g/mol. The molecule has 0 amide bonds. The first-order valence-corrected chi connectivity index (χ1v) is 5.93. The van der Waals surface area contributed by atoms with Gasteiger partial charge in [-0.1, -0.05) is 18.2 Å². The summed E-state index contributed by atoms with van der Waals surface area (Å²) in [4.78, 5) is 4.14. The number of aliphatic hydroxyl groups excluding tert-OH is 1. The van der Waals surface area contributed by atoms with Gasteiger partial charge in [0.1, 0.15) is 17.4 Å². The van der Waals surface area contributed by atoms with Crippen LogP contribution < -0.4 is 4.74 Å². The van der Waals surface area contributed by atoms with Crippen LogP contribution in [0.5, 0.6) is 5.75 Å². The third-order valence-corrected chi connectivity index (χ3v) is 2.96. The quantitative estimate of drug-likeness (QED) is 0.886. The Kier molecular flexibility index (Phi) is 3.54. The molecule has 0 aliphatic carbocycles. The second-order valence-corrected chi connectivity index (χ2v) is 4.41. The molecule has 0 saturated carbocycles. The summed E-state index contributed by atoms with van der Waals surface area (Å²) in [7, 11) is 0. The van der Waals surface area contributed by atoms with E-state index in [-0.39, 0.29) is 0 Å². The lowest BCUT2D eigenvalue weighted by Gasteiger charge is -2.12. The Morgan fingerprint density at radius 2 is 2.25 bits per heavy atom. The molecule has 3 nitrogen and oxygen atoms in total. The van der Waals surface area contributed by atoms with Crippen LogP contribution in [0.1, 0.15) is 23.6 Å². The maximum absolute atomic E-state index is 9.57. The molecular weight excluding hydrogens is 222 g/mol. The van der Waals surface area contributed by atoms with Gasteiger partial charge in [0.05, 0.1) is 6.10 Å². The van der Waals surface area contributed by atoms with Crippen LogP contribution in [0.4, 0.5) is 0 Å². The van der Waals surface area contributed by atoms with Crippen molar-refractivity contribution in [3.05, 3.63) is 46.4 Å². The van der Waals surface area contributed by atoms with E-state index >= 15 is 0 Å². The number of hydrogen-bond donors (Lipinski definition) is 1. The van der Waals surface area contributed by atoms with E-state index in [9.17, 15) is 5.11 Å². The van der Waals surface area contributed by atoms with Crippen LogP contribution in [-0.4, -0.2) is 10.1 Å². The maximum Gasteiger partial charge on any atom is 0.140 e. The van der Waals surface area contributed by atoms with Crippen molar-refractivity contribution in [2.24, 2.45) is 0 Å². The van der Waals surface area contributed by atoms with Crippen LogP contribution in [0, 0.1) is 0 Å². The number of aliphatic hydroxyl groups is 1. The molecule has 2 aromatic rings. The van der Waals surface area contributed by atoms with Crippen LogP contribution in [0.3, 0.4) is 0 Å². The summed E-state index contributed by atoms with van der Waals surface area (Å²) in [6, 6.07) is 7.50. The van der Waals surface area contributed by atoms with Gasteiger partial charge in [-0.15, -0.1) is 11.3 Å². The monoisotopic (exact) mass is 235 g/mol. The number of ether oxygens (including phenoxy) is 1. The Morgan fingerprint density at radius 3 is 2.94 bits per heavy atom. The van der Waals surface area contributed by atoms with Gasteiger partial charge < -0.3 is 9.84 Å². The van der Waals surface area contributed by atoms with Gasteiger partial charge >= 0.3 is 0 Å². The second-order valence-electron chi connectivity index (χ2n) is 3.43. The summed E-state index contributed by atoms with van der Waals surface area (Å²) in [6.07, 6.45) is 1.23. The van der Waals surface area contributed by atoms with Crippen molar-refractivity contribution in [1.29, 1.82) is 0 Å². The Labute approximate surface area is 98.4 Å². The highest BCUT2D eigenvalue weighted by Gasteiger charge is 2.08. The summed E-state index contributed by atoms with van der Waals surface area (Å²) in [5.74, 6) is 0.715. The maximum atomic E-state index is 9.57. The topological polar surface area (TPSA) is 42.4 Å². The molecule has 0 radical (unpaired) electrons. The van der Waals surface area contributed by atoms with Crippen molar-refractivity contribution in [2.45, 2.75) is 19.6 Å². The summed E-state index contributed by atoms with van der Waals surface area (Å²) in [5, 5.41) is 12.4. The second kappa shape index (κ2) is 5.09. The van der Waals surface area contributed by atoms with Crippen LogP contribution >= 0.6 is 11.3 Å². The molecule has 16 heavy (non-hydrogen) atoms. The first-order chi connectivity index (χ1) is 7.77. The predicted molar refractivity (Wildman–Crippen MR) is 63.5 cm³/mol. The first kappa shape index (κ1) is 11.1. The van der Waals surface area contributed by atoms with Crippen LogP contribution in [0.25, 0.3) is 0 Å². The molecule has 0 aliphatic rings. The molecule has 0 saturated heterocycles. The molecule has 0 unspecified atom stereocenters.